The summed E-state index contributed by atoms with van der Waals surface area (Å²) in [5.41, 5.74) is 3.99. The summed E-state index contributed by atoms with van der Waals surface area (Å²) in [7, 11) is 0. The van der Waals surface area contributed by atoms with Gasteiger partial charge in [-0.25, -0.2) is 4.68 Å². The molecule has 0 radical (unpaired) electrons. The van der Waals surface area contributed by atoms with E-state index in [1.54, 1.807) is 4.68 Å². The fourth-order valence-electron chi connectivity index (χ4n) is 4.67. The van der Waals surface area contributed by atoms with Gasteiger partial charge in [-0.15, -0.1) is 5.10 Å². The zero-order valence-corrected chi connectivity index (χ0v) is 17.7. The Morgan fingerprint density at radius 1 is 1.10 bits per heavy atom. The smallest absolute Gasteiger partial charge is 0.248 e. The van der Waals surface area contributed by atoms with E-state index in [0.29, 0.717) is 25.0 Å². The first-order valence-electron chi connectivity index (χ1n) is 11.2. The Bertz CT molecular complexity index is 1020. The molecular weight excluding hydrogens is 390 g/mol. The Morgan fingerprint density at radius 3 is 2.68 bits per heavy atom. The minimum Gasteiger partial charge on any atom is -0.381 e. The van der Waals surface area contributed by atoms with E-state index >= 15 is 0 Å². The monoisotopic (exact) mass is 419 g/mol. The van der Waals surface area contributed by atoms with Crippen LogP contribution >= 0.6 is 0 Å². The largest absolute Gasteiger partial charge is 0.381 e. The Morgan fingerprint density at radius 2 is 1.90 bits per heavy atom. The van der Waals surface area contributed by atoms with Crippen molar-refractivity contribution in [2.75, 3.05) is 37.7 Å². The third-order valence-corrected chi connectivity index (χ3v) is 6.49. The maximum absolute atomic E-state index is 13.4. The predicted molar refractivity (Wildman–Crippen MR) is 120 cm³/mol. The van der Waals surface area contributed by atoms with Gasteiger partial charge < -0.3 is 15.0 Å². The van der Waals surface area contributed by atoms with Crippen LogP contribution in [0.15, 0.2) is 48.5 Å². The van der Waals surface area contributed by atoms with Gasteiger partial charge in [-0.2, -0.15) is 0 Å². The van der Waals surface area contributed by atoms with Gasteiger partial charge in [0.2, 0.25) is 5.91 Å². The SMILES string of the molecule is O=C(Cn1nnc2ccccc21)N(CC1CCOC1)c1ccc(C2CCNCC2)cc1. The Labute approximate surface area is 182 Å². The molecule has 2 aliphatic rings. The molecule has 2 fully saturated rings. The number of carbonyl (C=O) groups is 1. The van der Waals surface area contributed by atoms with E-state index in [2.05, 4.69) is 39.9 Å². The van der Waals surface area contributed by atoms with Crippen molar-refractivity contribution in [1.29, 1.82) is 0 Å². The number of ether oxygens (including phenoxy) is 1. The van der Waals surface area contributed by atoms with Crippen LogP contribution in [0.3, 0.4) is 0 Å². The number of para-hydroxylation sites is 1. The third-order valence-electron chi connectivity index (χ3n) is 6.49. The highest BCUT2D eigenvalue weighted by Gasteiger charge is 2.25. The fourth-order valence-corrected chi connectivity index (χ4v) is 4.67. The highest BCUT2D eigenvalue weighted by atomic mass is 16.5. The molecule has 0 aliphatic carbocycles. The Kier molecular flexibility index (Phi) is 5.95. The summed E-state index contributed by atoms with van der Waals surface area (Å²) in [6, 6.07) is 16.3. The first-order chi connectivity index (χ1) is 15.3. The van der Waals surface area contributed by atoms with Gasteiger partial charge in [0.25, 0.3) is 0 Å². The maximum atomic E-state index is 13.4. The molecule has 5 rings (SSSR count). The number of carbonyl (C=O) groups excluding carboxylic acids is 1. The second kappa shape index (κ2) is 9.16. The van der Waals surface area contributed by atoms with E-state index in [-0.39, 0.29) is 12.5 Å². The quantitative estimate of drug-likeness (QED) is 0.665. The molecule has 1 atom stereocenters. The molecule has 0 spiro atoms. The number of piperidine rings is 1. The Balaban J connectivity index is 1.37. The number of rotatable bonds is 6. The number of aromatic nitrogens is 3. The number of anilines is 1. The number of nitrogens with zero attached hydrogens (tertiary/aromatic N) is 4. The van der Waals surface area contributed by atoms with Crippen LogP contribution in [0, 0.1) is 5.92 Å². The lowest BCUT2D eigenvalue weighted by Gasteiger charge is -2.27. The van der Waals surface area contributed by atoms with E-state index in [1.165, 1.54) is 18.4 Å². The van der Waals surface area contributed by atoms with Crippen molar-refractivity contribution >= 4 is 22.6 Å². The summed E-state index contributed by atoms with van der Waals surface area (Å²) in [6.45, 7) is 4.47. The number of amides is 1. The van der Waals surface area contributed by atoms with Crippen molar-refractivity contribution < 1.29 is 9.53 Å². The second-order valence-electron chi connectivity index (χ2n) is 8.59. The van der Waals surface area contributed by atoms with Gasteiger partial charge in [0.1, 0.15) is 12.1 Å². The molecule has 2 saturated heterocycles. The van der Waals surface area contributed by atoms with Gasteiger partial charge in [0.05, 0.1) is 12.1 Å². The summed E-state index contributed by atoms with van der Waals surface area (Å²) >= 11 is 0. The van der Waals surface area contributed by atoms with E-state index in [9.17, 15) is 4.79 Å². The highest BCUT2D eigenvalue weighted by molar-refractivity contribution is 5.94. The van der Waals surface area contributed by atoms with Crippen LogP contribution in [-0.2, 0) is 16.1 Å². The Hall–Kier alpha value is -2.77. The topological polar surface area (TPSA) is 72.3 Å². The summed E-state index contributed by atoms with van der Waals surface area (Å²) in [6.07, 6.45) is 3.32. The number of hydrogen-bond donors (Lipinski definition) is 1. The number of hydrogen-bond acceptors (Lipinski definition) is 5. The summed E-state index contributed by atoms with van der Waals surface area (Å²) in [5, 5.41) is 11.8. The molecule has 0 saturated carbocycles. The molecule has 2 aromatic carbocycles. The molecule has 7 heteroatoms. The minimum absolute atomic E-state index is 0.0252. The van der Waals surface area contributed by atoms with Crippen LogP contribution in [-0.4, -0.2) is 53.7 Å². The van der Waals surface area contributed by atoms with E-state index in [1.807, 2.05) is 29.2 Å². The average Bonchev–Trinajstić information content (AvgIpc) is 3.48. The van der Waals surface area contributed by atoms with Crippen LogP contribution < -0.4 is 10.2 Å². The molecular formula is C24H29N5O2. The normalized spacial score (nSPS) is 19.7. The standard InChI is InChI=1S/C24H29N5O2/c30-24(16-29-23-4-2-1-3-22(23)26-27-29)28(15-18-11-14-31-17-18)21-7-5-19(6-8-21)20-9-12-25-13-10-20/h1-8,18,20,25H,9-17H2. The van der Waals surface area contributed by atoms with Crippen molar-refractivity contribution in [3.63, 3.8) is 0 Å². The van der Waals surface area contributed by atoms with Gasteiger partial charge in [-0.3, -0.25) is 4.79 Å². The van der Waals surface area contributed by atoms with Crippen LogP contribution in [0.1, 0.15) is 30.7 Å². The highest BCUT2D eigenvalue weighted by Crippen LogP contribution is 2.28. The first-order valence-corrected chi connectivity index (χ1v) is 11.2. The van der Waals surface area contributed by atoms with Crippen molar-refractivity contribution in [3.05, 3.63) is 54.1 Å². The number of benzene rings is 2. The van der Waals surface area contributed by atoms with Crippen molar-refractivity contribution in [3.8, 4) is 0 Å². The first kappa shape index (κ1) is 20.2. The molecule has 1 aromatic heterocycles. The minimum atomic E-state index is 0.0252. The molecule has 1 unspecified atom stereocenters. The van der Waals surface area contributed by atoms with Crippen LogP contribution in [0.25, 0.3) is 11.0 Å². The molecule has 1 amide bonds. The second-order valence-corrected chi connectivity index (χ2v) is 8.59. The lowest BCUT2D eigenvalue weighted by Crippen LogP contribution is -2.38. The molecule has 3 heterocycles. The lowest BCUT2D eigenvalue weighted by atomic mass is 9.90. The molecule has 3 aromatic rings. The van der Waals surface area contributed by atoms with Gasteiger partial charge >= 0.3 is 0 Å². The fraction of sp³-hybridized carbons (Fsp3) is 0.458. The van der Waals surface area contributed by atoms with E-state index < -0.39 is 0 Å². The number of nitrogens with one attached hydrogen (secondary N) is 1. The number of fused-ring (bicyclic) bond motifs is 1. The molecule has 31 heavy (non-hydrogen) atoms. The van der Waals surface area contributed by atoms with Crippen molar-refractivity contribution in [2.45, 2.75) is 31.7 Å². The predicted octanol–water partition coefficient (Wildman–Crippen LogP) is 2.97. The maximum Gasteiger partial charge on any atom is 0.248 e. The van der Waals surface area contributed by atoms with Crippen molar-refractivity contribution in [2.24, 2.45) is 5.92 Å². The van der Waals surface area contributed by atoms with Gasteiger partial charge in [0.15, 0.2) is 0 Å². The lowest BCUT2D eigenvalue weighted by molar-refractivity contribution is -0.119. The van der Waals surface area contributed by atoms with Crippen LogP contribution in [0.2, 0.25) is 0 Å². The molecule has 2 aliphatic heterocycles. The van der Waals surface area contributed by atoms with Gasteiger partial charge in [-0.1, -0.05) is 29.5 Å². The summed E-state index contributed by atoms with van der Waals surface area (Å²) < 4.78 is 7.26. The van der Waals surface area contributed by atoms with Crippen LogP contribution in [0.5, 0.6) is 0 Å². The molecule has 1 N–H and O–H groups in total. The van der Waals surface area contributed by atoms with Gasteiger partial charge in [-0.05, 0) is 68.1 Å². The van der Waals surface area contributed by atoms with Crippen molar-refractivity contribution in [1.82, 2.24) is 20.3 Å². The van der Waals surface area contributed by atoms with E-state index in [0.717, 1.165) is 42.8 Å². The molecule has 7 nitrogen and oxygen atoms in total. The zero-order chi connectivity index (χ0) is 21.0. The third kappa shape index (κ3) is 4.48. The summed E-state index contributed by atoms with van der Waals surface area (Å²) in [5.74, 6) is 0.988. The molecule has 162 valence electrons. The summed E-state index contributed by atoms with van der Waals surface area (Å²) in [4.78, 5) is 15.3. The van der Waals surface area contributed by atoms with Gasteiger partial charge in [0, 0.05) is 24.8 Å². The molecule has 0 bridgehead atoms. The van der Waals surface area contributed by atoms with Crippen LogP contribution in [0.4, 0.5) is 5.69 Å². The van der Waals surface area contributed by atoms with E-state index in [4.69, 9.17) is 4.74 Å². The average molecular weight is 420 g/mol. The zero-order valence-electron chi connectivity index (χ0n) is 17.7.